The maximum Gasteiger partial charge on any atom is 0.181 e. The van der Waals surface area contributed by atoms with Gasteiger partial charge in [-0.25, -0.2) is 4.98 Å². The zero-order chi connectivity index (χ0) is 13.2. The molecule has 2 aromatic carbocycles. The fourth-order valence-electron chi connectivity index (χ4n) is 2.05. The molecule has 0 saturated heterocycles. The van der Waals surface area contributed by atoms with Crippen LogP contribution >= 0.6 is 0 Å². The second-order valence-corrected chi connectivity index (χ2v) is 4.36. The van der Waals surface area contributed by atoms with E-state index in [2.05, 4.69) is 39.5 Å². The second-order valence-electron chi connectivity index (χ2n) is 4.36. The first-order chi connectivity index (χ1) is 9.28. The Morgan fingerprint density at radius 1 is 1.05 bits per heavy atom. The summed E-state index contributed by atoms with van der Waals surface area (Å²) in [5.74, 6) is 0. The molecule has 96 valence electrons. The van der Waals surface area contributed by atoms with Crippen LogP contribution in [0.2, 0.25) is 0 Å². The summed E-state index contributed by atoms with van der Waals surface area (Å²) in [5.41, 5.74) is 4.97. The fourth-order valence-corrected chi connectivity index (χ4v) is 2.05. The fraction of sp³-hybridized carbons (Fsp3) is 0.133. The molecule has 1 N–H and O–H groups in total. The Hall–Kier alpha value is -2.49. The SMILES string of the molecule is CNc1ccc(N(C)c2ccc3ncoc3c2)cc1. The predicted octanol–water partition coefficient (Wildman–Crippen LogP) is 3.64. The van der Waals surface area contributed by atoms with E-state index in [0.717, 1.165) is 28.2 Å². The normalized spacial score (nSPS) is 10.6. The van der Waals surface area contributed by atoms with Crippen molar-refractivity contribution in [3.05, 3.63) is 48.9 Å². The molecule has 3 rings (SSSR count). The molecule has 0 radical (unpaired) electrons. The Bertz CT molecular complexity index is 688. The first-order valence-electron chi connectivity index (χ1n) is 6.13. The van der Waals surface area contributed by atoms with Gasteiger partial charge >= 0.3 is 0 Å². The lowest BCUT2D eigenvalue weighted by atomic mass is 10.2. The Balaban J connectivity index is 1.94. The van der Waals surface area contributed by atoms with Gasteiger partial charge in [0.15, 0.2) is 12.0 Å². The van der Waals surface area contributed by atoms with Crippen LogP contribution < -0.4 is 10.2 Å². The molecule has 0 atom stereocenters. The van der Waals surface area contributed by atoms with Gasteiger partial charge in [-0.2, -0.15) is 0 Å². The number of oxazole rings is 1. The molecule has 0 fully saturated rings. The van der Waals surface area contributed by atoms with E-state index in [9.17, 15) is 0 Å². The first kappa shape index (κ1) is 11.6. The first-order valence-corrected chi connectivity index (χ1v) is 6.13. The molecular formula is C15H15N3O. The summed E-state index contributed by atoms with van der Waals surface area (Å²) in [6, 6.07) is 14.3. The van der Waals surface area contributed by atoms with Gasteiger partial charge in [-0.05, 0) is 36.4 Å². The number of hydrogen-bond acceptors (Lipinski definition) is 4. The van der Waals surface area contributed by atoms with Crippen LogP contribution in [0.4, 0.5) is 17.1 Å². The summed E-state index contributed by atoms with van der Waals surface area (Å²) >= 11 is 0. The van der Waals surface area contributed by atoms with Gasteiger partial charge in [-0.1, -0.05) is 0 Å². The number of aromatic nitrogens is 1. The summed E-state index contributed by atoms with van der Waals surface area (Å²) in [5, 5.41) is 3.11. The van der Waals surface area contributed by atoms with Gasteiger partial charge in [0.2, 0.25) is 0 Å². The van der Waals surface area contributed by atoms with E-state index in [0.29, 0.717) is 0 Å². The molecule has 0 spiro atoms. The monoisotopic (exact) mass is 253 g/mol. The minimum absolute atomic E-state index is 0.802. The van der Waals surface area contributed by atoms with E-state index in [-0.39, 0.29) is 0 Å². The van der Waals surface area contributed by atoms with Crippen molar-refractivity contribution < 1.29 is 4.42 Å². The van der Waals surface area contributed by atoms with Crippen LogP contribution in [0.15, 0.2) is 53.3 Å². The van der Waals surface area contributed by atoms with E-state index < -0.39 is 0 Å². The minimum atomic E-state index is 0.802. The Kier molecular flexibility index (Phi) is 2.83. The molecule has 1 aromatic heterocycles. The third-order valence-electron chi connectivity index (χ3n) is 3.25. The van der Waals surface area contributed by atoms with E-state index >= 15 is 0 Å². The topological polar surface area (TPSA) is 41.3 Å². The number of nitrogens with one attached hydrogen (secondary N) is 1. The van der Waals surface area contributed by atoms with Crippen molar-refractivity contribution in [1.82, 2.24) is 4.98 Å². The summed E-state index contributed by atoms with van der Waals surface area (Å²) in [4.78, 5) is 6.23. The smallest absolute Gasteiger partial charge is 0.181 e. The van der Waals surface area contributed by atoms with Crippen LogP contribution in [-0.2, 0) is 0 Å². The highest BCUT2D eigenvalue weighted by molar-refractivity contribution is 5.79. The zero-order valence-electron chi connectivity index (χ0n) is 10.9. The van der Waals surface area contributed by atoms with Crippen LogP contribution in [0.5, 0.6) is 0 Å². The number of fused-ring (bicyclic) bond motifs is 1. The molecule has 4 heteroatoms. The third kappa shape index (κ3) is 2.12. The summed E-state index contributed by atoms with van der Waals surface area (Å²) in [7, 11) is 3.95. The largest absolute Gasteiger partial charge is 0.443 e. The van der Waals surface area contributed by atoms with Crippen molar-refractivity contribution in [2.24, 2.45) is 0 Å². The molecule has 0 unspecified atom stereocenters. The Morgan fingerprint density at radius 2 is 1.79 bits per heavy atom. The van der Waals surface area contributed by atoms with Crippen molar-refractivity contribution in [2.75, 3.05) is 24.3 Å². The second kappa shape index (κ2) is 4.65. The van der Waals surface area contributed by atoms with Crippen molar-refractivity contribution in [1.29, 1.82) is 0 Å². The van der Waals surface area contributed by atoms with Crippen LogP contribution in [0.25, 0.3) is 11.1 Å². The lowest BCUT2D eigenvalue weighted by Gasteiger charge is -2.19. The highest BCUT2D eigenvalue weighted by Crippen LogP contribution is 2.27. The van der Waals surface area contributed by atoms with Crippen LogP contribution in [0.1, 0.15) is 0 Å². The molecule has 0 aliphatic carbocycles. The van der Waals surface area contributed by atoms with Gasteiger partial charge in [0.25, 0.3) is 0 Å². The number of benzene rings is 2. The maximum atomic E-state index is 5.33. The van der Waals surface area contributed by atoms with E-state index in [4.69, 9.17) is 4.42 Å². The third-order valence-corrected chi connectivity index (χ3v) is 3.25. The Labute approximate surface area is 111 Å². The van der Waals surface area contributed by atoms with Gasteiger partial charge in [-0.15, -0.1) is 0 Å². The molecule has 1 heterocycles. The molecule has 4 nitrogen and oxygen atoms in total. The van der Waals surface area contributed by atoms with Crippen LogP contribution in [-0.4, -0.2) is 19.1 Å². The summed E-state index contributed by atoms with van der Waals surface area (Å²) < 4.78 is 5.33. The molecule has 0 aliphatic rings. The predicted molar refractivity (Wildman–Crippen MR) is 78.1 cm³/mol. The zero-order valence-corrected chi connectivity index (χ0v) is 10.9. The highest BCUT2D eigenvalue weighted by Gasteiger charge is 2.06. The van der Waals surface area contributed by atoms with Gasteiger partial charge in [0, 0.05) is 37.2 Å². The van der Waals surface area contributed by atoms with Crippen molar-refractivity contribution >= 4 is 28.2 Å². The van der Waals surface area contributed by atoms with Crippen LogP contribution in [0, 0.1) is 0 Å². The summed E-state index contributed by atoms with van der Waals surface area (Å²) in [6.45, 7) is 0. The molecule has 19 heavy (non-hydrogen) atoms. The van der Waals surface area contributed by atoms with E-state index in [1.54, 1.807) is 0 Å². The summed E-state index contributed by atoms with van der Waals surface area (Å²) in [6.07, 6.45) is 1.47. The molecule has 0 saturated carbocycles. The molecule has 3 aromatic rings. The maximum absolute atomic E-state index is 5.33. The minimum Gasteiger partial charge on any atom is -0.443 e. The quantitative estimate of drug-likeness (QED) is 0.773. The lowest BCUT2D eigenvalue weighted by molar-refractivity contribution is 0.602. The van der Waals surface area contributed by atoms with E-state index in [1.807, 2.05) is 32.3 Å². The number of rotatable bonds is 3. The molecular weight excluding hydrogens is 238 g/mol. The average molecular weight is 253 g/mol. The van der Waals surface area contributed by atoms with Crippen molar-refractivity contribution in [3.63, 3.8) is 0 Å². The van der Waals surface area contributed by atoms with Crippen molar-refractivity contribution in [3.8, 4) is 0 Å². The molecule has 0 bridgehead atoms. The standard InChI is InChI=1S/C15H15N3O/c1-16-11-3-5-12(6-4-11)18(2)13-7-8-14-15(9-13)19-10-17-14/h3-10,16H,1-2H3. The van der Waals surface area contributed by atoms with Gasteiger partial charge in [0.05, 0.1) is 0 Å². The molecule has 0 amide bonds. The highest BCUT2D eigenvalue weighted by atomic mass is 16.3. The lowest BCUT2D eigenvalue weighted by Crippen LogP contribution is -2.09. The van der Waals surface area contributed by atoms with Gasteiger partial charge in [-0.3, -0.25) is 0 Å². The number of hydrogen-bond donors (Lipinski definition) is 1. The van der Waals surface area contributed by atoms with Gasteiger partial charge < -0.3 is 14.6 Å². The molecule has 0 aliphatic heterocycles. The van der Waals surface area contributed by atoms with Crippen LogP contribution in [0.3, 0.4) is 0 Å². The van der Waals surface area contributed by atoms with Gasteiger partial charge in [0.1, 0.15) is 5.52 Å². The van der Waals surface area contributed by atoms with E-state index in [1.165, 1.54) is 6.39 Å². The number of nitrogens with zero attached hydrogens (tertiary/aromatic N) is 2. The Morgan fingerprint density at radius 3 is 2.53 bits per heavy atom. The number of anilines is 3. The average Bonchev–Trinajstić information content (AvgIpc) is 2.94. The van der Waals surface area contributed by atoms with Crippen molar-refractivity contribution in [2.45, 2.75) is 0 Å².